The third kappa shape index (κ3) is 4.74. The molecule has 2 aromatic carbocycles. The van der Waals surface area contributed by atoms with Crippen molar-refractivity contribution in [2.24, 2.45) is 5.41 Å². The molecule has 2 aromatic rings. The van der Waals surface area contributed by atoms with Crippen LogP contribution in [0, 0.1) is 5.41 Å². The van der Waals surface area contributed by atoms with Crippen molar-refractivity contribution in [2.45, 2.75) is 26.8 Å². The number of benzene rings is 2. The van der Waals surface area contributed by atoms with Gasteiger partial charge in [-0.1, -0.05) is 50.2 Å². The summed E-state index contributed by atoms with van der Waals surface area (Å²) in [5.74, 6) is 0. The first-order chi connectivity index (χ1) is 10.5. The molecule has 0 fully saturated rings. The Hall–Kier alpha value is -2.07. The molecular formula is C18H24N2O2. The van der Waals surface area contributed by atoms with E-state index in [4.69, 9.17) is 5.11 Å². The number of rotatable bonds is 6. The van der Waals surface area contributed by atoms with E-state index in [0.717, 1.165) is 5.56 Å². The lowest BCUT2D eigenvalue weighted by atomic mass is 9.90. The Bertz CT molecular complexity index is 638. The summed E-state index contributed by atoms with van der Waals surface area (Å²) >= 11 is 0. The van der Waals surface area contributed by atoms with E-state index in [1.807, 2.05) is 32.0 Å². The Morgan fingerprint density at radius 3 is 2.55 bits per heavy atom. The van der Waals surface area contributed by atoms with Gasteiger partial charge in [-0.05, 0) is 34.2 Å². The third-order valence-electron chi connectivity index (χ3n) is 3.78. The molecule has 0 saturated heterocycles. The molecule has 0 aliphatic carbocycles. The summed E-state index contributed by atoms with van der Waals surface area (Å²) in [5.41, 5.74) is 0.971. The smallest absolute Gasteiger partial charge is 0.315 e. The van der Waals surface area contributed by atoms with Crippen molar-refractivity contribution < 1.29 is 9.90 Å². The van der Waals surface area contributed by atoms with Crippen LogP contribution in [-0.2, 0) is 6.54 Å². The summed E-state index contributed by atoms with van der Waals surface area (Å²) in [6.45, 7) is 5.21. The van der Waals surface area contributed by atoms with Crippen molar-refractivity contribution in [3.8, 4) is 0 Å². The van der Waals surface area contributed by atoms with Crippen LogP contribution < -0.4 is 10.6 Å². The second kappa shape index (κ2) is 7.27. The number of nitrogens with one attached hydrogen (secondary N) is 2. The predicted octanol–water partition coefficient (Wildman–Crippen LogP) is 3.05. The maximum Gasteiger partial charge on any atom is 0.315 e. The van der Waals surface area contributed by atoms with Crippen molar-refractivity contribution in [3.05, 3.63) is 48.0 Å². The number of urea groups is 1. The average molecular weight is 300 g/mol. The third-order valence-corrected chi connectivity index (χ3v) is 3.78. The van der Waals surface area contributed by atoms with Gasteiger partial charge in [0.05, 0.1) is 0 Å². The molecule has 0 aliphatic heterocycles. The van der Waals surface area contributed by atoms with Gasteiger partial charge in [-0.15, -0.1) is 0 Å². The summed E-state index contributed by atoms with van der Waals surface area (Å²) in [5, 5.41) is 17.1. The molecule has 0 aromatic heterocycles. The zero-order valence-corrected chi connectivity index (χ0v) is 13.2. The van der Waals surface area contributed by atoms with Crippen LogP contribution in [0.4, 0.5) is 4.79 Å². The molecule has 0 spiro atoms. The summed E-state index contributed by atoms with van der Waals surface area (Å²) in [4.78, 5) is 11.8. The minimum atomic E-state index is -0.181. The van der Waals surface area contributed by atoms with Gasteiger partial charge in [0.25, 0.3) is 0 Å². The number of carbonyl (C=O) groups excluding carboxylic acids is 1. The van der Waals surface area contributed by atoms with Gasteiger partial charge in [0.15, 0.2) is 0 Å². The van der Waals surface area contributed by atoms with Crippen molar-refractivity contribution in [1.82, 2.24) is 10.6 Å². The number of hydrogen-bond donors (Lipinski definition) is 3. The van der Waals surface area contributed by atoms with Gasteiger partial charge < -0.3 is 15.7 Å². The first-order valence-electron chi connectivity index (χ1n) is 7.60. The Labute approximate surface area is 131 Å². The van der Waals surface area contributed by atoms with Crippen molar-refractivity contribution in [2.75, 3.05) is 13.2 Å². The van der Waals surface area contributed by atoms with Gasteiger partial charge in [-0.25, -0.2) is 4.79 Å². The van der Waals surface area contributed by atoms with Gasteiger partial charge in [0.1, 0.15) is 0 Å². The van der Waals surface area contributed by atoms with Crippen molar-refractivity contribution >= 4 is 16.8 Å². The van der Waals surface area contributed by atoms with E-state index in [-0.39, 0.29) is 18.1 Å². The Morgan fingerprint density at radius 1 is 1.09 bits per heavy atom. The van der Waals surface area contributed by atoms with E-state index in [0.29, 0.717) is 19.5 Å². The van der Waals surface area contributed by atoms with Crippen molar-refractivity contribution in [1.29, 1.82) is 0 Å². The molecule has 4 nitrogen and oxygen atoms in total. The van der Waals surface area contributed by atoms with Crippen LogP contribution in [0.15, 0.2) is 42.5 Å². The Morgan fingerprint density at radius 2 is 1.82 bits per heavy atom. The highest BCUT2D eigenvalue weighted by Crippen LogP contribution is 2.18. The fourth-order valence-corrected chi connectivity index (χ4v) is 2.30. The quantitative estimate of drug-likeness (QED) is 0.768. The summed E-state index contributed by atoms with van der Waals surface area (Å²) in [7, 11) is 0. The summed E-state index contributed by atoms with van der Waals surface area (Å²) in [6.07, 6.45) is 0.665. The van der Waals surface area contributed by atoms with Gasteiger partial charge in [-0.2, -0.15) is 0 Å². The first kappa shape index (κ1) is 16.3. The highest BCUT2D eigenvalue weighted by molar-refractivity contribution is 5.83. The fourth-order valence-electron chi connectivity index (χ4n) is 2.30. The normalized spacial score (nSPS) is 11.4. The van der Waals surface area contributed by atoms with Gasteiger partial charge in [0.2, 0.25) is 0 Å². The van der Waals surface area contributed by atoms with Crippen LogP contribution in [0.1, 0.15) is 25.8 Å². The number of carbonyl (C=O) groups is 1. The maximum absolute atomic E-state index is 11.8. The summed E-state index contributed by atoms with van der Waals surface area (Å²) in [6, 6.07) is 14.2. The zero-order chi connectivity index (χ0) is 16.0. The highest BCUT2D eigenvalue weighted by atomic mass is 16.3. The second-order valence-corrected chi connectivity index (χ2v) is 6.36. The molecule has 3 N–H and O–H groups in total. The van der Waals surface area contributed by atoms with Gasteiger partial charge in [-0.3, -0.25) is 0 Å². The first-order valence-corrected chi connectivity index (χ1v) is 7.60. The van der Waals surface area contributed by atoms with Crippen LogP contribution in [-0.4, -0.2) is 24.3 Å². The minimum absolute atomic E-state index is 0.102. The van der Waals surface area contributed by atoms with Crippen LogP contribution >= 0.6 is 0 Å². The standard InChI is InChI=1S/C18H24N2O2/c1-18(2,9-10-21)13-20-17(22)19-12-14-7-8-15-5-3-4-6-16(15)11-14/h3-8,11,21H,9-10,12-13H2,1-2H3,(H2,19,20,22). The van der Waals surface area contributed by atoms with Crippen molar-refractivity contribution in [3.63, 3.8) is 0 Å². The molecule has 2 rings (SSSR count). The highest BCUT2D eigenvalue weighted by Gasteiger charge is 2.17. The molecule has 0 aliphatic rings. The number of amides is 2. The molecule has 2 amide bonds. The number of fused-ring (bicyclic) bond motifs is 1. The van der Waals surface area contributed by atoms with Gasteiger partial charge >= 0.3 is 6.03 Å². The molecule has 0 heterocycles. The molecule has 0 saturated carbocycles. The number of aliphatic hydroxyl groups is 1. The minimum Gasteiger partial charge on any atom is -0.396 e. The Balaban J connectivity index is 1.85. The van der Waals surface area contributed by atoms with Crippen LogP contribution in [0.3, 0.4) is 0 Å². The lowest BCUT2D eigenvalue weighted by Gasteiger charge is -2.23. The van der Waals surface area contributed by atoms with E-state index in [1.54, 1.807) is 0 Å². The number of hydrogen-bond acceptors (Lipinski definition) is 2. The summed E-state index contributed by atoms with van der Waals surface area (Å²) < 4.78 is 0. The lowest BCUT2D eigenvalue weighted by molar-refractivity contribution is 0.201. The second-order valence-electron chi connectivity index (χ2n) is 6.36. The molecule has 4 heteroatoms. The fraction of sp³-hybridized carbons (Fsp3) is 0.389. The van der Waals surface area contributed by atoms with E-state index in [1.165, 1.54) is 10.8 Å². The van der Waals surface area contributed by atoms with Crippen LogP contribution in [0.2, 0.25) is 0 Å². The van der Waals surface area contributed by atoms with E-state index < -0.39 is 0 Å². The monoisotopic (exact) mass is 300 g/mol. The zero-order valence-electron chi connectivity index (χ0n) is 13.2. The molecule has 118 valence electrons. The van der Waals surface area contributed by atoms with Gasteiger partial charge in [0, 0.05) is 19.7 Å². The maximum atomic E-state index is 11.8. The molecule has 0 atom stereocenters. The molecule has 0 bridgehead atoms. The van der Waals surface area contributed by atoms with E-state index in [2.05, 4.69) is 34.9 Å². The SMILES string of the molecule is CC(C)(CCO)CNC(=O)NCc1ccc2ccccc2c1. The van der Waals surface area contributed by atoms with E-state index in [9.17, 15) is 4.79 Å². The molecular weight excluding hydrogens is 276 g/mol. The number of aliphatic hydroxyl groups excluding tert-OH is 1. The topological polar surface area (TPSA) is 61.4 Å². The molecule has 0 unspecified atom stereocenters. The molecule has 0 radical (unpaired) electrons. The van der Waals surface area contributed by atoms with Crippen LogP contribution in [0.5, 0.6) is 0 Å². The Kier molecular flexibility index (Phi) is 5.39. The lowest BCUT2D eigenvalue weighted by Crippen LogP contribution is -2.40. The van der Waals surface area contributed by atoms with Crippen LogP contribution in [0.25, 0.3) is 10.8 Å². The average Bonchev–Trinajstić information content (AvgIpc) is 2.51. The molecule has 22 heavy (non-hydrogen) atoms. The predicted molar refractivity (Wildman–Crippen MR) is 89.7 cm³/mol. The largest absolute Gasteiger partial charge is 0.396 e. The van der Waals surface area contributed by atoms with E-state index >= 15 is 0 Å².